The molecule has 0 bridgehead atoms. The van der Waals surface area contributed by atoms with Crippen LogP contribution in [0.4, 0.5) is 18.9 Å². The van der Waals surface area contributed by atoms with Gasteiger partial charge in [-0.05, 0) is 35.3 Å². The SMILES string of the molecule is CC(C)c1ccc(/C=C2/C(=O)Nc3cc(C(F)(F)F)ccc32)cc1. The number of hydrogen-bond donors (Lipinski definition) is 1. The highest BCUT2D eigenvalue weighted by atomic mass is 19.4. The summed E-state index contributed by atoms with van der Waals surface area (Å²) in [6.45, 7) is 4.18. The second-order valence-corrected chi connectivity index (χ2v) is 6.09. The number of nitrogens with one attached hydrogen (secondary N) is 1. The molecule has 1 amide bonds. The Morgan fingerprint density at radius 2 is 1.71 bits per heavy atom. The van der Waals surface area contributed by atoms with Crippen molar-refractivity contribution in [3.05, 3.63) is 64.7 Å². The van der Waals surface area contributed by atoms with Crippen molar-refractivity contribution in [1.82, 2.24) is 0 Å². The largest absolute Gasteiger partial charge is 0.416 e. The topological polar surface area (TPSA) is 29.1 Å². The van der Waals surface area contributed by atoms with E-state index in [4.69, 9.17) is 0 Å². The van der Waals surface area contributed by atoms with Gasteiger partial charge >= 0.3 is 6.18 Å². The van der Waals surface area contributed by atoms with Crippen LogP contribution in [0, 0.1) is 0 Å². The standard InChI is InChI=1S/C19H16F3NO/c1-11(2)13-5-3-12(4-6-13)9-16-15-8-7-14(19(20,21)22)10-17(15)23-18(16)24/h3-11H,1-2H3,(H,23,24)/b16-9+. The Labute approximate surface area is 138 Å². The lowest BCUT2D eigenvalue weighted by Gasteiger charge is -2.08. The number of fused-ring (bicyclic) bond motifs is 1. The summed E-state index contributed by atoms with van der Waals surface area (Å²) in [7, 11) is 0. The number of halogens is 3. The van der Waals surface area contributed by atoms with Gasteiger partial charge in [0, 0.05) is 16.8 Å². The predicted octanol–water partition coefficient (Wildman–Crippen LogP) is 5.32. The number of hydrogen-bond acceptors (Lipinski definition) is 1. The zero-order valence-electron chi connectivity index (χ0n) is 13.2. The fraction of sp³-hybridized carbons (Fsp3) is 0.211. The average Bonchev–Trinajstić information content (AvgIpc) is 2.82. The quantitative estimate of drug-likeness (QED) is 0.741. The summed E-state index contributed by atoms with van der Waals surface area (Å²) in [6.07, 6.45) is -2.74. The molecule has 1 N–H and O–H groups in total. The smallest absolute Gasteiger partial charge is 0.321 e. The van der Waals surface area contributed by atoms with E-state index in [1.807, 2.05) is 24.3 Å². The van der Waals surface area contributed by atoms with Crippen molar-refractivity contribution in [3.8, 4) is 0 Å². The fourth-order valence-corrected chi connectivity index (χ4v) is 2.66. The first-order valence-electron chi connectivity index (χ1n) is 7.60. The van der Waals surface area contributed by atoms with Crippen molar-refractivity contribution >= 4 is 23.2 Å². The molecule has 0 spiro atoms. The van der Waals surface area contributed by atoms with E-state index in [1.165, 1.54) is 11.6 Å². The zero-order valence-corrected chi connectivity index (χ0v) is 13.2. The van der Waals surface area contributed by atoms with Gasteiger partial charge < -0.3 is 5.32 Å². The summed E-state index contributed by atoms with van der Waals surface area (Å²) in [5.41, 5.74) is 2.29. The molecule has 0 aliphatic carbocycles. The van der Waals surface area contributed by atoms with Crippen LogP contribution in [0.25, 0.3) is 11.6 Å². The van der Waals surface area contributed by atoms with Crippen LogP contribution in [-0.4, -0.2) is 5.91 Å². The van der Waals surface area contributed by atoms with Crippen molar-refractivity contribution in [2.75, 3.05) is 5.32 Å². The third-order valence-corrected chi connectivity index (χ3v) is 4.04. The Hall–Kier alpha value is -2.56. The Kier molecular flexibility index (Phi) is 3.95. The summed E-state index contributed by atoms with van der Waals surface area (Å²) >= 11 is 0. The van der Waals surface area contributed by atoms with Gasteiger partial charge in [0.25, 0.3) is 5.91 Å². The molecule has 24 heavy (non-hydrogen) atoms. The van der Waals surface area contributed by atoms with E-state index in [2.05, 4.69) is 19.2 Å². The molecule has 0 saturated heterocycles. The fourth-order valence-electron chi connectivity index (χ4n) is 2.66. The molecule has 3 rings (SSSR count). The van der Waals surface area contributed by atoms with Crippen molar-refractivity contribution in [1.29, 1.82) is 0 Å². The minimum atomic E-state index is -4.43. The molecule has 0 saturated carbocycles. The lowest BCUT2D eigenvalue weighted by atomic mass is 9.99. The van der Waals surface area contributed by atoms with E-state index < -0.39 is 17.6 Å². The molecule has 1 aliphatic heterocycles. The first kappa shape index (κ1) is 16.3. The third kappa shape index (κ3) is 3.07. The number of benzene rings is 2. The van der Waals surface area contributed by atoms with E-state index in [1.54, 1.807) is 6.08 Å². The second kappa shape index (κ2) is 5.82. The van der Waals surface area contributed by atoms with Gasteiger partial charge in [0.05, 0.1) is 5.56 Å². The average molecular weight is 331 g/mol. The van der Waals surface area contributed by atoms with Crippen LogP contribution < -0.4 is 5.32 Å². The summed E-state index contributed by atoms with van der Waals surface area (Å²) in [4.78, 5) is 12.1. The van der Waals surface area contributed by atoms with Gasteiger partial charge in [0.15, 0.2) is 0 Å². The van der Waals surface area contributed by atoms with Gasteiger partial charge in [-0.2, -0.15) is 13.2 Å². The Balaban J connectivity index is 1.97. The molecule has 2 nitrogen and oxygen atoms in total. The summed E-state index contributed by atoms with van der Waals surface area (Å²) in [5, 5.41) is 2.50. The molecule has 1 heterocycles. The number of amides is 1. The Morgan fingerprint density at radius 1 is 1.04 bits per heavy atom. The van der Waals surface area contributed by atoms with Crippen molar-refractivity contribution in [2.24, 2.45) is 0 Å². The van der Waals surface area contributed by atoms with Crippen LogP contribution in [0.15, 0.2) is 42.5 Å². The van der Waals surface area contributed by atoms with Crippen LogP contribution >= 0.6 is 0 Å². The number of carbonyl (C=O) groups is 1. The first-order chi connectivity index (χ1) is 11.3. The minimum Gasteiger partial charge on any atom is -0.321 e. The second-order valence-electron chi connectivity index (χ2n) is 6.09. The highest BCUT2D eigenvalue weighted by Crippen LogP contribution is 2.38. The number of carbonyl (C=O) groups excluding carboxylic acids is 1. The molecular weight excluding hydrogens is 315 g/mol. The van der Waals surface area contributed by atoms with E-state index in [-0.39, 0.29) is 5.69 Å². The number of anilines is 1. The van der Waals surface area contributed by atoms with Gasteiger partial charge in [0.2, 0.25) is 0 Å². The monoisotopic (exact) mass is 331 g/mol. The Morgan fingerprint density at radius 3 is 2.29 bits per heavy atom. The van der Waals surface area contributed by atoms with Crippen molar-refractivity contribution in [2.45, 2.75) is 25.9 Å². The highest BCUT2D eigenvalue weighted by molar-refractivity contribution is 6.34. The number of alkyl halides is 3. The molecular formula is C19H16F3NO. The van der Waals surface area contributed by atoms with Gasteiger partial charge in [-0.15, -0.1) is 0 Å². The van der Waals surface area contributed by atoms with Crippen LogP contribution in [0.1, 0.15) is 42.0 Å². The molecule has 124 valence electrons. The van der Waals surface area contributed by atoms with Gasteiger partial charge in [-0.25, -0.2) is 0 Å². The van der Waals surface area contributed by atoms with Crippen LogP contribution in [0.2, 0.25) is 0 Å². The van der Waals surface area contributed by atoms with E-state index in [0.29, 0.717) is 17.1 Å². The van der Waals surface area contributed by atoms with Gasteiger partial charge in [-0.3, -0.25) is 4.79 Å². The summed E-state index contributed by atoms with van der Waals surface area (Å²) < 4.78 is 38.3. The van der Waals surface area contributed by atoms with E-state index in [9.17, 15) is 18.0 Å². The first-order valence-corrected chi connectivity index (χ1v) is 7.60. The Bertz CT molecular complexity index is 817. The lowest BCUT2D eigenvalue weighted by molar-refractivity contribution is -0.137. The normalized spacial score (nSPS) is 15.8. The molecule has 0 radical (unpaired) electrons. The zero-order chi connectivity index (χ0) is 17.5. The van der Waals surface area contributed by atoms with E-state index >= 15 is 0 Å². The molecule has 1 aliphatic rings. The third-order valence-electron chi connectivity index (χ3n) is 4.04. The molecule has 2 aromatic rings. The van der Waals surface area contributed by atoms with Crippen LogP contribution in [0.5, 0.6) is 0 Å². The summed E-state index contributed by atoms with van der Waals surface area (Å²) in [6, 6.07) is 11.1. The predicted molar refractivity (Wildman–Crippen MR) is 88.5 cm³/mol. The van der Waals surface area contributed by atoms with Crippen molar-refractivity contribution in [3.63, 3.8) is 0 Å². The molecule has 0 fully saturated rings. The molecule has 0 unspecified atom stereocenters. The van der Waals surface area contributed by atoms with Gasteiger partial charge in [0.1, 0.15) is 0 Å². The maximum Gasteiger partial charge on any atom is 0.416 e. The molecule has 5 heteroatoms. The van der Waals surface area contributed by atoms with Crippen molar-refractivity contribution < 1.29 is 18.0 Å². The van der Waals surface area contributed by atoms with E-state index in [0.717, 1.165) is 17.7 Å². The lowest BCUT2D eigenvalue weighted by Crippen LogP contribution is -2.06. The highest BCUT2D eigenvalue weighted by Gasteiger charge is 2.33. The molecule has 0 atom stereocenters. The van der Waals surface area contributed by atoms with Crippen LogP contribution in [-0.2, 0) is 11.0 Å². The molecule has 2 aromatic carbocycles. The maximum atomic E-state index is 12.8. The molecule has 0 aromatic heterocycles. The number of rotatable bonds is 2. The van der Waals surface area contributed by atoms with Gasteiger partial charge in [-0.1, -0.05) is 44.2 Å². The maximum absolute atomic E-state index is 12.8. The minimum absolute atomic E-state index is 0.194. The summed E-state index contributed by atoms with van der Waals surface area (Å²) in [5.74, 6) is 0.0141. The van der Waals surface area contributed by atoms with Crippen LogP contribution in [0.3, 0.4) is 0 Å².